The Morgan fingerprint density at radius 1 is 1.26 bits per heavy atom. The number of carboxylic acid groups (broad SMARTS) is 1. The van der Waals surface area contributed by atoms with Crippen molar-refractivity contribution in [2.24, 2.45) is 5.41 Å². The standard InChI is InChI=1S/C24H32F2N4O.C2HF3O2/c1-16-18-7-6-8-20(29(5)21-9-11-28-15-24(21,25)26)19(18)10-12-30(16)22(31)17(14-27)13-23(2,3)4;3-2(4,5)1(6)7/h6-8,13,16,21,28H,9-12,15H2,1-5H3;(H,6,7)/b17-13-;. The average molecular weight is 545 g/mol. The Labute approximate surface area is 218 Å². The van der Waals surface area contributed by atoms with Crippen LogP contribution in [0.4, 0.5) is 27.6 Å². The first-order chi connectivity index (χ1) is 17.4. The molecule has 2 aliphatic heterocycles. The van der Waals surface area contributed by atoms with Gasteiger partial charge in [-0.3, -0.25) is 4.79 Å². The van der Waals surface area contributed by atoms with E-state index in [9.17, 15) is 32.0 Å². The van der Waals surface area contributed by atoms with E-state index < -0.39 is 24.1 Å². The quantitative estimate of drug-likeness (QED) is 0.326. The molecule has 7 nitrogen and oxygen atoms in total. The number of alkyl halides is 5. The number of nitrogens with one attached hydrogen (secondary N) is 1. The molecule has 1 saturated heterocycles. The van der Waals surface area contributed by atoms with Crippen molar-refractivity contribution < 1.29 is 36.6 Å². The second-order valence-electron chi connectivity index (χ2n) is 10.5. The fourth-order valence-corrected chi connectivity index (χ4v) is 4.65. The molecule has 1 aromatic carbocycles. The first-order valence-electron chi connectivity index (χ1n) is 12.1. The van der Waals surface area contributed by atoms with Crippen LogP contribution in [-0.2, 0) is 16.0 Å². The van der Waals surface area contributed by atoms with E-state index in [0.717, 1.165) is 16.8 Å². The van der Waals surface area contributed by atoms with Crippen molar-refractivity contribution in [1.29, 1.82) is 5.26 Å². The molecule has 2 atom stereocenters. The highest BCUT2D eigenvalue weighted by Crippen LogP contribution is 2.39. The van der Waals surface area contributed by atoms with Gasteiger partial charge in [-0.15, -0.1) is 0 Å². The maximum absolute atomic E-state index is 14.6. The molecule has 1 fully saturated rings. The molecule has 1 amide bonds. The van der Waals surface area contributed by atoms with E-state index in [0.29, 0.717) is 25.9 Å². The summed E-state index contributed by atoms with van der Waals surface area (Å²) < 4.78 is 60.8. The zero-order chi connectivity index (χ0) is 29.1. The van der Waals surface area contributed by atoms with Crippen molar-refractivity contribution in [2.45, 2.75) is 64.7 Å². The number of nitrogens with zero attached hydrogens (tertiary/aromatic N) is 3. The van der Waals surface area contributed by atoms with Crippen molar-refractivity contribution >= 4 is 17.6 Å². The third-order valence-electron chi connectivity index (χ3n) is 6.43. The normalized spacial score (nSPS) is 21.4. The van der Waals surface area contributed by atoms with Gasteiger partial charge in [-0.25, -0.2) is 13.6 Å². The number of nitriles is 1. The summed E-state index contributed by atoms with van der Waals surface area (Å²) in [5.74, 6) is -5.84. The van der Waals surface area contributed by atoms with E-state index in [4.69, 9.17) is 9.90 Å². The summed E-state index contributed by atoms with van der Waals surface area (Å²) in [6, 6.07) is 6.66. The van der Waals surface area contributed by atoms with Crippen LogP contribution in [0.15, 0.2) is 29.8 Å². The Morgan fingerprint density at radius 2 is 1.87 bits per heavy atom. The molecule has 210 valence electrons. The van der Waals surface area contributed by atoms with Gasteiger partial charge in [0.2, 0.25) is 0 Å². The largest absolute Gasteiger partial charge is 0.490 e. The molecular formula is C26H33F5N4O3. The Balaban J connectivity index is 0.000000638. The summed E-state index contributed by atoms with van der Waals surface area (Å²) in [4.78, 5) is 25.4. The molecule has 0 radical (unpaired) electrons. The number of carbonyl (C=O) groups is 2. The summed E-state index contributed by atoms with van der Waals surface area (Å²) in [5, 5.41) is 19.4. The number of anilines is 1. The van der Waals surface area contributed by atoms with Crippen LogP contribution in [0, 0.1) is 16.7 Å². The number of aliphatic carboxylic acids is 1. The number of hydrogen-bond acceptors (Lipinski definition) is 5. The highest BCUT2D eigenvalue weighted by molar-refractivity contribution is 5.97. The number of piperidine rings is 1. The second-order valence-corrected chi connectivity index (χ2v) is 10.5. The SMILES string of the molecule is CC1c2cccc(N(C)C3CCNCC3(F)F)c2CCN1C(=O)/C(C#N)=C\C(C)(C)C.O=C(O)C(F)(F)F. The van der Waals surface area contributed by atoms with Crippen molar-refractivity contribution in [1.82, 2.24) is 10.2 Å². The molecule has 2 unspecified atom stereocenters. The monoisotopic (exact) mass is 544 g/mol. The number of benzene rings is 1. The summed E-state index contributed by atoms with van der Waals surface area (Å²) in [7, 11) is 1.74. The summed E-state index contributed by atoms with van der Waals surface area (Å²) in [6.45, 7) is 8.48. The third kappa shape index (κ3) is 7.43. The smallest absolute Gasteiger partial charge is 0.475 e. The summed E-state index contributed by atoms with van der Waals surface area (Å²) in [6.07, 6.45) is -2.44. The molecule has 38 heavy (non-hydrogen) atoms. The van der Waals surface area contributed by atoms with Gasteiger partial charge in [0.15, 0.2) is 0 Å². The zero-order valence-electron chi connectivity index (χ0n) is 22.0. The maximum atomic E-state index is 14.6. The predicted octanol–water partition coefficient (Wildman–Crippen LogP) is 4.70. The number of halogens is 5. The number of allylic oxidation sites excluding steroid dienone is 1. The number of fused-ring (bicyclic) bond motifs is 1. The summed E-state index contributed by atoms with van der Waals surface area (Å²) >= 11 is 0. The van der Waals surface area contributed by atoms with Crippen molar-refractivity contribution in [3.05, 3.63) is 41.0 Å². The first kappa shape index (κ1) is 31.0. The van der Waals surface area contributed by atoms with E-state index in [1.54, 1.807) is 22.9 Å². The minimum atomic E-state index is -5.08. The Morgan fingerprint density at radius 3 is 2.37 bits per heavy atom. The van der Waals surface area contributed by atoms with Crippen LogP contribution in [-0.4, -0.2) is 66.7 Å². The molecule has 0 bridgehead atoms. The van der Waals surface area contributed by atoms with Crippen LogP contribution in [0.5, 0.6) is 0 Å². The highest BCUT2D eigenvalue weighted by Gasteiger charge is 2.45. The molecule has 1 aromatic rings. The van der Waals surface area contributed by atoms with Gasteiger partial charge < -0.3 is 20.2 Å². The lowest BCUT2D eigenvalue weighted by molar-refractivity contribution is -0.192. The first-order valence-corrected chi connectivity index (χ1v) is 12.1. The van der Waals surface area contributed by atoms with Crippen LogP contribution in [0.1, 0.15) is 51.3 Å². The highest BCUT2D eigenvalue weighted by atomic mass is 19.4. The average Bonchev–Trinajstić information content (AvgIpc) is 2.80. The van der Waals surface area contributed by atoms with Crippen LogP contribution in [0.2, 0.25) is 0 Å². The van der Waals surface area contributed by atoms with Gasteiger partial charge in [-0.2, -0.15) is 18.4 Å². The fraction of sp³-hybridized carbons (Fsp3) is 0.577. The molecule has 0 spiro atoms. The van der Waals surface area contributed by atoms with Gasteiger partial charge >= 0.3 is 12.1 Å². The van der Waals surface area contributed by atoms with Gasteiger partial charge in [0.25, 0.3) is 11.8 Å². The minimum Gasteiger partial charge on any atom is -0.475 e. The predicted molar refractivity (Wildman–Crippen MR) is 132 cm³/mol. The molecule has 12 heteroatoms. The third-order valence-corrected chi connectivity index (χ3v) is 6.43. The number of amides is 1. The molecule has 0 saturated carbocycles. The molecule has 2 heterocycles. The van der Waals surface area contributed by atoms with E-state index in [-0.39, 0.29) is 29.5 Å². The zero-order valence-corrected chi connectivity index (χ0v) is 22.0. The topological polar surface area (TPSA) is 96.7 Å². The van der Waals surface area contributed by atoms with Crippen molar-refractivity contribution in [3.63, 3.8) is 0 Å². The Kier molecular flexibility index (Phi) is 9.53. The van der Waals surface area contributed by atoms with Gasteiger partial charge in [0.05, 0.1) is 18.6 Å². The lowest BCUT2D eigenvalue weighted by Gasteiger charge is -2.42. The van der Waals surface area contributed by atoms with Gasteiger partial charge in [0.1, 0.15) is 11.6 Å². The van der Waals surface area contributed by atoms with E-state index in [2.05, 4.69) is 11.4 Å². The van der Waals surface area contributed by atoms with E-state index in [1.807, 2.05) is 45.9 Å². The van der Waals surface area contributed by atoms with Crippen LogP contribution in [0.3, 0.4) is 0 Å². The van der Waals surface area contributed by atoms with Crippen LogP contribution in [0.25, 0.3) is 0 Å². The molecular weight excluding hydrogens is 511 g/mol. The van der Waals surface area contributed by atoms with Crippen molar-refractivity contribution in [3.8, 4) is 6.07 Å². The molecule has 0 aliphatic carbocycles. The van der Waals surface area contributed by atoms with Crippen molar-refractivity contribution in [2.75, 3.05) is 31.6 Å². The van der Waals surface area contributed by atoms with Gasteiger partial charge in [-0.05, 0) is 48.9 Å². The van der Waals surface area contributed by atoms with E-state index in [1.165, 1.54) is 0 Å². The van der Waals surface area contributed by atoms with Crippen LogP contribution < -0.4 is 10.2 Å². The number of rotatable bonds is 3. The maximum Gasteiger partial charge on any atom is 0.490 e. The fourth-order valence-electron chi connectivity index (χ4n) is 4.65. The molecule has 2 N–H and O–H groups in total. The Hall–Kier alpha value is -3.20. The summed E-state index contributed by atoms with van der Waals surface area (Å²) in [5.41, 5.74) is 2.62. The lowest BCUT2D eigenvalue weighted by atomic mass is 9.89. The number of carbonyl (C=O) groups excluding carboxylic acids is 1. The minimum absolute atomic E-state index is 0.144. The number of carboxylic acids is 1. The lowest BCUT2D eigenvalue weighted by Crippen LogP contribution is -2.56. The molecule has 3 rings (SSSR count). The van der Waals surface area contributed by atoms with Gasteiger partial charge in [-0.1, -0.05) is 39.0 Å². The van der Waals surface area contributed by atoms with Crippen LogP contribution >= 0.6 is 0 Å². The molecule has 0 aromatic heterocycles. The van der Waals surface area contributed by atoms with E-state index >= 15 is 0 Å². The Bertz CT molecular complexity index is 1110. The second kappa shape index (κ2) is 11.7. The number of hydrogen-bond donors (Lipinski definition) is 2. The van der Waals surface area contributed by atoms with Gasteiger partial charge in [0, 0.05) is 19.3 Å². The molecule has 2 aliphatic rings.